The first-order chi connectivity index (χ1) is 7.61. The topological polar surface area (TPSA) is 114 Å². The molecule has 0 saturated carbocycles. The Hall–Kier alpha value is -1.73. The lowest BCUT2D eigenvalue weighted by atomic mass is 10.0. The van der Waals surface area contributed by atoms with Crippen LogP contribution in [0.3, 0.4) is 0 Å². The first kappa shape index (κ1) is 10.8. The van der Waals surface area contributed by atoms with Crippen LogP contribution in [0.25, 0.3) is 11.6 Å². The Morgan fingerprint density at radius 2 is 2.44 bits per heavy atom. The van der Waals surface area contributed by atoms with E-state index in [-0.39, 0.29) is 13.0 Å². The van der Waals surface area contributed by atoms with E-state index in [0.717, 1.165) is 0 Å². The highest BCUT2D eigenvalue weighted by molar-refractivity contribution is 5.40. The smallest absolute Gasteiger partial charge is 0.238 e. The maximum Gasteiger partial charge on any atom is 0.238 e. The van der Waals surface area contributed by atoms with Gasteiger partial charge in [-0.2, -0.15) is 4.98 Å². The van der Waals surface area contributed by atoms with Gasteiger partial charge in [-0.1, -0.05) is 5.16 Å². The van der Waals surface area contributed by atoms with Gasteiger partial charge in [0.2, 0.25) is 11.7 Å². The Morgan fingerprint density at radius 1 is 1.62 bits per heavy atom. The predicted octanol–water partition coefficient (Wildman–Crippen LogP) is -0.288. The summed E-state index contributed by atoms with van der Waals surface area (Å²) in [5.41, 5.74) is 4.36. The molecule has 0 aromatic carbocycles. The van der Waals surface area contributed by atoms with Crippen LogP contribution in [0.5, 0.6) is 0 Å². The monoisotopic (exact) mass is 223 g/mol. The van der Waals surface area contributed by atoms with Gasteiger partial charge in [-0.15, -0.1) is 0 Å². The molecular weight excluding hydrogens is 210 g/mol. The van der Waals surface area contributed by atoms with Crippen molar-refractivity contribution in [3.05, 3.63) is 18.3 Å². The maximum absolute atomic E-state index is 9.74. The molecule has 1 unspecified atom stereocenters. The van der Waals surface area contributed by atoms with Gasteiger partial charge in [0.25, 0.3) is 0 Å². The second-order valence-electron chi connectivity index (χ2n) is 3.83. The molecule has 0 spiro atoms. The maximum atomic E-state index is 9.74. The molecule has 0 aliphatic carbocycles. The van der Waals surface area contributed by atoms with E-state index in [1.807, 2.05) is 0 Å². The number of imidazole rings is 1. The number of aliphatic hydroxyl groups is 1. The van der Waals surface area contributed by atoms with Crippen molar-refractivity contribution < 1.29 is 9.63 Å². The molecule has 7 nitrogen and oxygen atoms in total. The van der Waals surface area contributed by atoms with Crippen LogP contribution in [-0.2, 0) is 6.42 Å². The largest absolute Gasteiger partial charge is 0.388 e. The van der Waals surface area contributed by atoms with Crippen molar-refractivity contribution in [2.24, 2.45) is 5.73 Å². The lowest BCUT2D eigenvalue weighted by Gasteiger charge is -2.17. The molecule has 0 amide bonds. The van der Waals surface area contributed by atoms with E-state index in [2.05, 4.69) is 20.1 Å². The fourth-order valence-electron chi connectivity index (χ4n) is 1.21. The number of nitrogens with one attached hydrogen (secondary N) is 1. The minimum absolute atomic E-state index is 0.130. The second-order valence-corrected chi connectivity index (χ2v) is 3.83. The van der Waals surface area contributed by atoms with Crippen molar-refractivity contribution in [3.8, 4) is 11.6 Å². The highest BCUT2D eigenvalue weighted by atomic mass is 16.5. The Balaban J connectivity index is 2.14. The van der Waals surface area contributed by atoms with Crippen molar-refractivity contribution in [2.75, 3.05) is 6.54 Å². The lowest BCUT2D eigenvalue weighted by Crippen LogP contribution is -2.36. The van der Waals surface area contributed by atoms with Crippen LogP contribution in [0.4, 0.5) is 0 Å². The Bertz CT molecular complexity index is 448. The highest BCUT2D eigenvalue weighted by Crippen LogP contribution is 2.14. The number of hydrogen-bond acceptors (Lipinski definition) is 6. The SMILES string of the molecule is CC(O)(CN)Cc1nc(-c2ncc[nH]2)no1. The summed E-state index contributed by atoms with van der Waals surface area (Å²) in [6, 6.07) is 0. The van der Waals surface area contributed by atoms with Crippen LogP contribution < -0.4 is 5.73 Å². The molecule has 1 atom stereocenters. The molecule has 4 N–H and O–H groups in total. The fraction of sp³-hybridized carbons (Fsp3) is 0.444. The van der Waals surface area contributed by atoms with E-state index in [4.69, 9.17) is 10.3 Å². The van der Waals surface area contributed by atoms with E-state index < -0.39 is 5.60 Å². The summed E-state index contributed by atoms with van der Waals surface area (Å²) in [5.74, 6) is 1.23. The van der Waals surface area contributed by atoms with Gasteiger partial charge in [-0.3, -0.25) is 0 Å². The molecule has 0 bridgehead atoms. The van der Waals surface area contributed by atoms with E-state index >= 15 is 0 Å². The summed E-state index contributed by atoms with van der Waals surface area (Å²) in [6.07, 6.45) is 3.49. The Kier molecular flexibility index (Phi) is 2.71. The number of rotatable bonds is 4. The van der Waals surface area contributed by atoms with Crippen LogP contribution in [0.1, 0.15) is 12.8 Å². The van der Waals surface area contributed by atoms with Crippen LogP contribution in [0.2, 0.25) is 0 Å². The van der Waals surface area contributed by atoms with Crippen molar-refractivity contribution in [1.82, 2.24) is 20.1 Å². The third-order valence-electron chi connectivity index (χ3n) is 2.15. The zero-order chi connectivity index (χ0) is 11.6. The van der Waals surface area contributed by atoms with Crippen LogP contribution >= 0.6 is 0 Å². The normalized spacial score (nSPS) is 14.9. The van der Waals surface area contributed by atoms with Gasteiger partial charge in [0.05, 0.1) is 12.0 Å². The molecule has 0 aliphatic rings. The van der Waals surface area contributed by atoms with Crippen molar-refractivity contribution in [1.29, 1.82) is 0 Å². The molecule has 0 aliphatic heterocycles. The van der Waals surface area contributed by atoms with Gasteiger partial charge in [0.15, 0.2) is 5.82 Å². The molecule has 0 fully saturated rings. The average Bonchev–Trinajstić information content (AvgIpc) is 2.86. The molecule has 2 heterocycles. The van der Waals surface area contributed by atoms with Gasteiger partial charge in [0.1, 0.15) is 0 Å². The third kappa shape index (κ3) is 2.26. The summed E-state index contributed by atoms with van der Waals surface area (Å²) < 4.78 is 4.99. The molecule has 86 valence electrons. The number of H-pyrrole nitrogens is 1. The van der Waals surface area contributed by atoms with Gasteiger partial charge in [0, 0.05) is 18.9 Å². The summed E-state index contributed by atoms with van der Waals surface area (Å²) in [7, 11) is 0. The third-order valence-corrected chi connectivity index (χ3v) is 2.15. The number of nitrogens with two attached hydrogens (primary N) is 1. The van der Waals surface area contributed by atoms with E-state index in [9.17, 15) is 5.11 Å². The first-order valence-corrected chi connectivity index (χ1v) is 4.85. The molecule has 2 aromatic heterocycles. The predicted molar refractivity (Wildman–Crippen MR) is 55.3 cm³/mol. The summed E-state index contributed by atoms with van der Waals surface area (Å²) >= 11 is 0. The van der Waals surface area contributed by atoms with E-state index in [1.54, 1.807) is 19.3 Å². The number of aromatic nitrogens is 4. The fourth-order valence-corrected chi connectivity index (χ4v) is 1.21. The van der Waals surface area contributed by atoms with Gasteiger partial charge in [-0.25, -0.2) is 4.98 Å². The minimum atomic E-state index is -1.03. The van der Waals surface area contributed by atoms with Gasteiger partial charge in [-0.05, 0) is 6.92 Å². The lowest BCUT2D eigenvalue weighted by molar-refractivity contribution is 0.0610. The van der Waals surface area contributed by atoms with E-state index in [1.165, 1.54) is 0 Å². The van der Waals surface area contributed by atoms with Crippen LogP contribution in [0.15, 0.2) is 16.9 Å². The first-order valence-electron chi connectivity index (χ1n) is 4.85. The zero-order valence-electron chi connectivity index (χ0n) is 8.84. The summed E-state index contributed by atoms with van der Waals surface area (Å²) in [5, 5.41) is 13.5. The molecule has 0 saturated heterocycles. The van der Waals surface area contributed by atoms with Gasteiger partial charge < -0.3 is 20.3 Å². The molecule has 0 radical (unpaired) electrons. The molecule has 2 aromatic rings. The van der Waals surface area contributed by atoms with Crippen LogP contribution in [0, 0.1) is 0 Å². The quantitative estimate of drug-likeness (QED) is 0.656. The van der Waals surface area contributed by atoms with Crippen LogP contribution in [-0.4, -0.2) is 37.4 Å². The second kappa shape index (κ2) is 4.03. The Labute approximate surface area is 91.7 Å². The zero-order valence-corrected chi connectivity index (χ0v) is 8.84. The Morgan fingerprint density at radius 3 is 3.06 bits per heavy atom. The summed E-state index contributed by atoms with van der Waals surface area (Å²) in [6.45, 7) is 1.75. The van der Waals surface area contributed by atoms with Gasteiger partial charge >= 0.3 is 0 Å². The molecule has 7 heteroatoms. The molecule has 2 rings (SSSR count). The average molecular weight is 223 g/mol. The molecule has 16 heavy (non-hydrogen) atoms. The van der Waals surface area contributed by atoms with E-state index in [0.29, 0.717) is 17.5 Å². The standard InChI is InChI=1S/C9H13N5O2/c1-9(15,5-10)4-6-13-8(14-16-6)7-11-2-3-12-7/h2-3,15H,4-5,10H2,1H3,(H,11,12). The van der Waals surface area contributed by atoms with Crippen molar-refractivity contribution >= 4 is 0 Å². The number of hydrogen-bond donors (Lipinski definition) is 3. The number of nitrogens with zero attached hydrogens (tertiary/aromatic N) is 3. The van der Waals surface area contributed by atoms with Crippen molar-refractivity contribution in [3.63, 3.8) is 0 Å². The van der Waals surface area contributed by atoms with Crippen molar-refractivity contribution in [2.45, 2.75) is 18.9 Å². The summed E-state index contributed by atoms with van der Waals surface area (Å²) in [4.78, 5) is 10.9. The number of aromatic amines is 1. The minimum Gasteiger partial charge on any atom is -0.388 e. The molecular formula is C9H13N5O2. The highest BCUT2D eigenvalue weighted by Gasteiger charge is 2.23.